The van der Waals surface area contributed by atoms with E-state index >= 15 is 0 Å². The smallest absolute Gasteiger partial charge is 0.410 e. The van der Waals surface area contributed by atoms with Crippen LogP contribution in [0.4, 0.5) is 4.79 Å². The zero-order valence-electron chi connectivity index (χ0n) is 20.8. The summed E-state index contributed by atoms with van der Waals surface area (Å²) in [5.41, 5.74) is 4.16. The van der Waals surface area contributed by atoms with Crippen LogP contribution in [0.5, 0.6) is 0 Å². The van der Waals surface area contributed by atoms with Gasteiger partial charge >= 0.3 is 6.09 Å². The number of ether oxygens (including phenoxy) is 1. The van der Waals surface area contributed by atoms with E-state index in [9.17, 15) is 9.59 Å². The minimum Gasteiger partial charge on any atom is -0.444 e. The highest BCUT2D eigenvalue weighted by molar-refractivity contribution is 5.97. The van der Waals surface area contributed by atoms with Crippen LogP contribution in [0.15, 0.2) is 42.9 Å². The van der Waals surface area contributed by atoms with Crippen molar-refractivity contribution in [2.45, 2.75) is 45.6 Å². The zero-order valence-corrected chi connectivity index (χ0v) is 20.8. The van der Waals surface area contributed by atoms with Crippen molar-refractivity contribution in [2.75, 3.05) is 19.6 Å². The van der Waals surface area contributed by atoms with Crippen molar-refractivity contribution >= 4 is 28.6 Å². The molecule has 0 aromatic carbocycles. The van der Waals surface area contributed by atoms with E-state index in [2.05, 4.69) is 31.5 Å². The van der Waals surface area contributed by atoms with E-state index in [1.165, 1.54) is 0 Å². The van der Waals surface area contributed by atoms with Crippen molar-refractivity contribution in [3.63, 3.8) is 0 Å². The number of aromatic amines is 1. The maximum absolute atomic E-state index is 12.8. The lowest BCUT2D eigenvalue weighted by Crippen LogP contribution is -2.47. The molecule has 1 fully saturated rings. The summed E-state index contributed by atoms with van der Waals surface area (Å²) in [6.07, 6.45) is 7.13. The molecule has 0 radical (unpaired) electrons. The molecule has 0 aliphatic carbocycles. The number of hydrogen-bond donors (Lipinski definition) is 2. The van der Waals surface area contributed by atoms with Crippen molar-refractivity contribution in [2.24, 2.45) is 5.92 Å². The molecule has 1 saturated heterocycles. The van der Waals surface area contributed by atoms with Crippen LogP contribution in [0.2, 0.25) is 0 Å². The molecule has 4 aromatic heterocycles. The van der Waals surface area contributed by atoms with Gasteiger partial charge in [-0.15, -0.1) is 0 Å². The Hall–Kier alpha value is -3.95. The average Bonchev–Trinajstić information content (AvgIpc) is 3.47. The summed E-state index contributed by atoms with van der Waals surface area (Å²) in [6.45, 7) is 7.02. The summed E-state index contributed by atoms with van der Waals surface area (Å²) in [6, 6.07) is 7.93. The van der Waals surface area contributed by atoms with Crippen molar-refractivity contribution in [3.8, 4) is 11.1 Å². The highest BCUT2D eigenvalue weighted by atomic mass is 16.6. The van der Waals surface area contributed by atoms with Gasteiger partial charge in [0, 0.05) is 55.1 Å². The molecule has 10 heteroatoms. The molecule has 0 spiro atoms. The summed E-state index contributed by atoms with van der Waals surface area (Å²) < 4.78 is 7.08. The lowest BCUT2D eigenvalue weighted by atomic mass is 9.97. The predicted molar refractivity (Wildman–Crippen MR) is 135 cm³/mol. The van der Waals surface area contributed by atoms with Gasteiger partial charge in [-0.25, -0.2) is 9.78 Å². The molecule has 0 bridgehead atoms. The maximum atomic E-state index is 12.8. The van der Waals surface area contributed by atoms with Crippen molar-refractivity contribution in [1.82, 2.24) is 35.0 Å². The lowest BCUT2D eigenvalue weighted by molar-refractivity contribution is -0.126. The largest absolute Gasteiger partial charge is 0.444 e. The third-order valence-electron chi connectivity index (χ3n) is 6.32. The third-order valence-corrected chi connectivity index (χ3v) is 6.32. The number of likely N-dealkylation sites (tertiary alicyclic amines) is 1. The van der Waals surface area contributed by atoms with Crippen LogP contribution in [-0.4, -0.2) is 66.9 Å². The fourth-order valence-electron chi connectivity index (χ4n) is 4.64. The molecule has 4 aromatic rings. The second-order valence-electron chi connectivity index (χ2n) is 10.2. The highest BCUT2D eigenvalue weighted by Crippen LogP contribution is 2.30. The molecule has 2 amide bonds. The molecule has 1 aliphatic rings. The van der Waals surface area contributed by atoms with Gasteiger partial charge in [-0.3, -0.25) is 4.79 Å². The van der Waals surface area contributed by atoms with E-state index in [4.69, 9.17) is 4.74 Å². The first-order valence-corrected chi connectivity index (χ1v) is 12.3. The van der Waals surface area contributed by atoms with Gasteiger partial charge in [-0.1, -0.05) is 0 Å². The van der Waals surface area contributed by atoms with E-state index < -0.39 is 5.60 Å². The van der Waals surface area contributed by atoms with Gasteiger partial charge in [-0.05, 0) is 63.4 Å². The summed E-state index contributed by atoms with van der Waals surface area (Å²) in [7, 11) is 0. The second kappa shape index (κ2) is 9.60. The Balaban J connectivity index is 1.22. The first kappa shape index (κ1) is 23.8. The Kier molecular flexibility index (Phi) is 6.34. The molecule has 5 rings (SSSR count). The molecule has 2 N–H and O–H groups in total. The van der Waals surface area contributed by atoms with Crippen LogP contribution in [0.25, 0.3) is 27.7 Å². The summed E-state index contributed by atoms with van der Waals surface area (Å²) in [5, 5.41) is 12.6. The minimum absolute atomic E-state index is 0.0305. The summed E-state index contributed by atoms with van der Waals surface area (Å²) in [5.74, 6) is -0.261. The number of amides is 2. The third kappa shape index (κ3) is 5.02. The molecule has 1 atom stereocenters. The topological polar surface area (TPSA) is 118 Å². The van der Waals surface area contributed by atoms with E-state index in [0.29, 0.717) is 26.1 Å². The van der Waals surface area contributed by atoms with Gasteiger partial charge in [0.2, 0.25) is 5.91 Å². The molecular formula is C26H31N7O3. The molecular weight excluding hydrogens is 458 g/mol. The van der Waals surface area contributed by atoms with Crippen LogP contribution in [0.1, 0.15) is 39.3 Å². The number of pyridine rings is 1. The molecule has 1 aliphatic heterocycles. The maximum Gasteiger partial charge on any atom is 0.410 e. The summed E-state index contributed by atoms with van der Waals surface area (Å²) >= 11 is 0. The van der Waals surface area contributed by atoms with Gasteiger partial charge < -0.3 is 19.9 Å². The van der Waals surface area contributed by atoms with E-state index in [1.54, 1.807) is 21.9 Å². The van der Waals surface area contributed by atoms with E-state index in [0.717, 1.165) is 46.2 Å². The average molecular weight is 490 g/mol. The number of carbonyl (C=O) groups is 2. The molecule has 36 heavy (non-hydrogen) atoms. The molecule has 5 heterocycles. The molecule has 10 nitrogen and oxygen atoms in total. The monoisotopic (exact) mass is 489 g/mol. The zero-order chi connectivity index (χ0) is 25.3. The SMILES string of the molecule is CC(C)(C)OC(=O)N1CCC[C@H](C(=O)NCCc2cc3c(-c4cnn5ncccc45)ccnc3[nH]2)C1. The quantitative estimate of drug-likeness (QED) is 0.443. The lowest BCUT2D eigenvalue weighted by Gasteiger charge is -2.33. The number of fused-ring (bicyclic) bond motifs is 2. The number of aromatic nitrogens is 5. The predicted octanol–water partition coefficient (Wildman–Crippen LogP) is 3.58. The first-order valence-electron chi connectivity index (χ1n) is 12.3. The van der Waals surface area contributed by atoms with Gasteiger partial charge in [0.1, 0.15) is 11.2 Å². The standard InChI is InChI=1S/C26H31N7O3/c1-26(2,3)36-25(35)32-13-5-6-17(16-32)24(34)28-11-8-18-14-20-19(9-12-27-23(20)31-18)21-15-30-33-22(21)7-4-10-29-33/h4,7,9-10,12,14-15,17H,5-6,8,11,13,16H2,1-3H3,(H,27,31)(H,28,34)/t17-/m0/s1. The van der Waals surface area contributed by atoms with Gasteiger partial charge in [0.25, 0.3) is 0 Å². The van der Waals surface area contributed by atoms with Crippen LogP contribution in [0.3, 0.4) is 0 Å². The van der Waals surface area contributed by atoms with Gasteiger partial charge in [-0.2, -0.15) is 14.8 Å². The van der Waals surface area contributed by atoms with Crippen LogP contribution < -0.4 is 5.32 Å². The van der Waals surface area contributed by atoms with Crippen molar-refractivity contribution in [1.29, 1.82) is 0 Å². The Bertz CT molecular complexity index is 1400. The molecule has 188 valence electrons. The minimum atomic E-state index is -0.553. The van der Waals surface area contributed by atoms with Crippen LogP contribution >= 0.6 is 0 Å². The van der Waals surface area contributed by atoms with Crippen LogP contribution in [0, 0.1) is 5.92 Å². The van der Waals surface area contributed by atoms with Gasteiger partial charge in [0.05, 0.1) is 17.6 Å². The Morgan fingerprint density at radius 2 is 2.06 bits per heavy atom. The van der Waals surface area contributed by atoms with Crippen molar-refractivity contribution < 1.29 is 14.3 Å². The number of nitrogens with zero attached hydrogens (tertiary/aromatic N) is 5. The fraction of sp³-hybridized carbons (Fsp3) is 0.423. The number of piperidine rings is 1. The molecule has 0 unspecified atom stereocenters. The van der Waals surface area contributed by atoms with E-state index in [1.807, 2.05) is 45.2 Å². The normalized spacial score (nSPS) is 16.4. The Labute approximate surface area is 209 Å². The number of hydrogen-bond acceptors (Lipinski definition) is 6. The Morgan fingerprint density at radius 1 is 1.19 bits per heavy atom. The van der Waals surface area contributed by atoms with Crippen LogP contribution in [-0.2, 0) is 16.0 Å². The highest BCUT2D eigenvalue weighted by Gasteiger charge is 2.30. The first-order chi connectivity index (χ1) is 17.3. The summed E-state index contributed by atoms with van der Waals surface area (Å²) in [4.78, 5) is 34.7. The molecule has 0 saturated carbocycles. The number of H-pyrrole nitrogens is 1. The number of nitrogens with one attached hydrogen (secondary N) is 2. The second-order valence-corrected chi connectivity index (χ2v) is 10.2. The van der Waals surface area contributed by atoms with Gasteiger partial charge in [0.15, 0.2) is 0 Å². The van der Waals surface area contributed by atoms with E-state index in [-0.39, 0.29) is 17.9 Å². The number of carbonyl (C=O) groups excluding carboxylic acids is 2. The van der Waals surface area contributed by atoms with Crippen molar-refractivity contribution in [3.05, 3.63) is 48.5 Å². The number of rotatable bonds is 5. The fourth-order valence-corrected chi connectivity index (χ4v) is 4.64. The Morgan fingerprint density at radius 3 is 2.89 bits per heavy atom.